The van der Waals surface area contributed by atoms with E-state index < -0.39 is 0 Å². The smallest absolute Gasteiger partial charge is 0.0406 e. The highest BCUT2D eigenvalue weighted by atomic mass is 35.5. The van der Waals surface area contributed by atoms with Gasteiger partial charge in [0.05, 0.1) is 0 Å². The molecule has 0 unspecified atom stereocenters. The topological polar surface area (TPSA) is 0 Å². The highest BCUT2D eigenvalue weighted by Crippen LogP contribution is 2.33. The van der Waals surface area contributed by atoms with E-state index in [4.69, 9.17) is 11.6 Å². The Morgan fingerprint density at radius 2 is 1.82 bits per heavy atom. The van der Waals surface area contributed by atoms with Gasteiger partial charge in [0.25, 0.3) is 0 Å². The average molecular weight is 251 g/mol. The molecule has 1 heteroatoms. The number of allylic oxidation sites excluding steroid dienone is 1. The third-order valence-corrected chi connectivity index (χ3v) is 3.71. The summed E-state index contributed by atoms with van der Waals surface area (Å²) >= 11 is 5.87. The predicted molar refractivity (Wildman–Crippen MR) is 77.6 cm³/mol. The molecule has 0 heterocycles. The van der Waals surface area contributed by atoms with Crippen molar-refractivity contribution in [2.24, 2.45) is 5.41 Å². The van der Waals surface area contributed by atoms with E-state index in [1.807, 2.05) is 12.1 Å². The molecule has 1 rings (SSSR count). The minimum atomic E-state index is 0.265. The monoisotopic (exact) mass is 250 g/mol. The molecule has 0 nitrogen and oxygen atoms in total. The van der Waals surface area contributed by atoms with Gasteiger partial charge in [-0.2, -0.15) is 0 Å². The van der Waals surface area contributed by atoms with Crippen LogP contribution in [0.15, 0.2) is 36.4 Å². The number of benzene rings is 1. The minimum Gasteiger partial charge on any atom is -0.0993 e. The molecule has 1 aromatic carbocycles. The molecule has 0 bridgehead atoms. The summed E-state index contributed by atoms with van der Waals surface area (Å²) in [6, 6.07) is 8.11. The van der Waals surface area contributed by atoms with Crippen molar-refractivity contribution in [3.8, 4) is 0 Å². The van der Waals surface area contributed by atoms with Gasteiger partial charge in [0, 0.05) is 5.02 Å². The summed E-state index contributed by atoms with van der Waals surface area (Å²) in [6.07, 6.45) is 4.55. The summed E-state index contributed by atoms with van der Waals surface area (Å²) in [5.74, 6) is 0. The fraction of sp³-hybridized carbons (Fsp3) is 0.500. The summed E-state index contributed by atoms with van der Waals surface area (Å²) in [7, 11) is 0. The molecule has 0 N–H and O–H groups in total. The molecule has 0 saturated carbocycles. The van der Waals surface area contributed by atoms with Gasteiger partial charge in [-0.3, -0.25) is 0 Å². The Hall–Kier alpha value is -0.750. The van der Waals surface area contributed by atoms with Gasteiger partial charge in [-0.1, -0.05) is 63.1 Å². The molecule has 0 aliphatic carbocycles. The van der Waals surface area contributed by atoms with Crippen molar-refractivity contribution in [2.75, 3.05) is 0 Å². The van der Waals surface area contributed by atoms with Crippen molar-refractivity contribution in [1.29, 1.82) is 0 Å². The number of hydrogen-bond acceptors (Lipinski definition) is 0. The molecule has 1 aromatic rings. The third-order valence-electron chi connectivity index (χ3n) is 3.46. The van der Waals surface area contributed by atoms with Crippen LogP contribution in [0.25, 0.3) is 0 Å². The Kier molecular flexibility index (Phi) is 5.27. The molecule has 0 aliphatic rings. The molecule has 0 fully saturated rings. The second-order valence-electron chi connectivity index (χ2n) is 5.36. The fourth-order valence-electron chi connectivity index (χ4n) is 2.09. The standard InChI is InChI=1S/C16H23Cl/c1-5-12-16(3,4)13(2)6-7-14-8-10-15(17)11-9-14/h8-11H,2,5-7,12H2,1,3-4H3. The van der Waals surface area contributed by atoms with Crippen LogP contribution in [0.5, 0.6) is 0 Å². The lowest BCUT2D eigenvalue weighted by Crippen LogP contribution is -2.14. The Labute approximate surface area is 111 Å². The molecule has 0 aromatic heterocycles. The van der Waals surface area contributed by atoms with Crippen molar-refractivity contribution >= 4 is 11.6 Å². The van der Waals surface area contributed by atoms with E-state index in [0.717, 1.165) is 17.9 Å². The molecule has 0 saturated heterocycles. The van der Waals surface area contributed by atoms with Crippen molar-refractivity contribution in [2.45, 2.75) is 46.5 Å². The van der Waals surface area contributed by atoms with E-state index in [0.29, 0.717) is 0 Å². The van der Waals surface area contributed by atoms with E-state index in [1.54, 1.807) is 0 Å². The lowest BCUT2D eigenvalue weighted by atomic mass is 9.79. The quantitative estimate of drug-likeness (QED) is 0.572. The first kappa shape index (κ1) is 14.3. The summed E-state index contributed by atoms with van der Waals surface area (Å²) < 4.78 is 0. The van der Waals surface area contributed by atoms with Crippen LogP contribution in [-0.2, 0) is 6.42 Å². The highest BCUT2D eigenvalue weighted by Gasteiger charge is 2.19. The first-order valence-corrected chi connectivity index (χ1v) is 6.76. The molecule has 0 spiro atoms. The van der Waals surface area contributed by atoms with E-state index in [1.165, 1.54) is 24.0 Å². The van der Waals surface area contributed by atoms with Crippen molar-refractivity contribution in [3.63, 3.8) is 0 Å². The zero-order valence-electron chi connectivity index (χ0n) is 11.2. The fourth-order valence-corrected chi connectivity index (χ4v) is 2.21. The van der Waals surface area contributed by atoms with Crippen molar-refractivity contribution in [3.05, 3.63) is 47.0 Å². The SMILES string of the molecule is C=C(CCc1ccc(Cl)cc1)C(C)(C)CCC. The molecular weight excluding hydrogens is 228 g/mol. The van der Waals surface area contributed by atoms with Crippen LogP contribution in [0.2, 0.25) is 5.02 Å². The Morgan fingerprint density at radius 3 is 2.35 bits per heavy atom. The third kappa shape index (κ3) is 4.55. The largest absolute Gasteiger partial charge is 0.0993 e. The summed E-state index contributed by atoms with van der Waals surface area (Å²) in [5.41, 5.74) is 2.96. The average Bonchev–Trinajstić information content (AvgIpc) is 2.27. The molecule has 0 aliphatic heterocycles. The van der Waals surface area contributed by atoms with Crippen LogP contribution in [0.3, 0.4) is 0 Å². The van der Waals surface area contributed by atoms with Gasteiger partial charge in [-0.25, -0.2) is 0 Å². The summed E-state index contributed by atoms with van der Waals surface area (Å²) in [6.45, 7) is 11.1. The minimum absolute atomic E-state index is 0.265. The predicted octanol–water partition coefficient (Wildman–Crippen LogP) is 5.66. The Bertz CT molecular complexity index is 360. The van der Waals surface area contributed by atoms with E-state index in [-0.39, 0.29) is 5.41 Å². The van der Waals surface area contributed by atoms with Gasteiger partial charge in [0.1, 0.15) is 0 Å². The van der Waals surface area contributed by atoms with Crippen molar-refractivity contribution in [1.82, 2.24) is 0 Å². The maximum Gasteiger partial charge on any atom is 0.0406 e. The van der Waals surface area contributed by atoms with Crippen molar-refractivity contribution < 1.29 is 0 Å². The molecular formula is C16H23Cl. The van der Waals surface area contributed by atoms with E-state index in [9.17, 15) is 0 Å². The number of hydrogen-bond donors (Lipinski definition) is 0. The first-order chi connectivity index (χ1) is 7.95. The highest BCUT2D eigenvalue weighted by molar-refractivity contribution is 6.30. The van der Waals surface area contributed by atoms with Gasteiger partial charge in [-0.05, 0) is 42.4 Å². The van der Waals surface area contributed by atoms with Gasteiger partial charge in [0.2, 0.25) is 0 Å². The van der Waals surface area contributed by atoms with Crippen LogP contribution < -0.4 is 0 Å². The van der Waals surface area contributed by atoms with Gasteiger partial charge >= 0.3 is 0 Å². The molecule has 17 heavy (non-hydrogen) atoms. The second kappa shape index (κ2) is 6.26. The van der Waals surface area contributed by atoms with E-state index in [2.05, 4.69) is 39.5 Å². The van der Waals surface area contributed by atoms with Gasteiger partial charge < -0.3 is 0 Å². The lowest BCUT2D eigenvalue weighted by Gasteiger charge is -2.27. The normalized spacial score (nSPS) is 11.5. The number of aryl methyl sites for hydroxylation is 1. The van der Waals surface area contributed by atoms with Crippen LogP contribution in [0.4, 0.5) is 0 Å². The van der Waals surface area contributed by atoms with Crippen LogP contribution in [0.1, 0.15) is 45.6 Å². The van der Waals surface area contributed by atoms with Crippen LogP contribution in [0, 0.1) is 5.41 Å². The van der Waals surface area contributed by atoms with Crippen LogP contribution in [-0.4, -0.2) is 0 Å². The Balaban J connectivity index is 2.50. The number of halogens is 1. The van der Waals surface area contributed by atoms with E-state index >= 15 is 0 Å². The maximum atomic E-state index is 5.87. The summed E-state index contributed by atoms with van der Waals surface area (Å²) in [5, 5.41) is 0.805. The Morgan fingerprint density at radius 1 is 1.24 bits per heavy atom. The molecule has 94 valence electrons. The zero-order chi connectivity index (χ0) is 12.9. The van der Waals surface area contributed by atoms with Crippen LogP contribution >= 0.6 is 11.6 Å². The lowest BCUT2D eigenvalue weighted by molar-refractivity contribution is 0.391. The first-order valence-electron chi connectivity index (χ1n) is 6.38. The second-order valence-corrected chi connectivity index (χ2v) is 5.80. The summed E-state index contributed by atoms with van der Waals surface area (Å²) in [4.78, 5) is 0. The number of rotatable bonds is 6. The molecule has 0 amide bonds. The zero-order valence-corrected chi connectivity index (χ0v) is 12.0. The molecule has 0 radical (unpaired) electrons. The van der Waals surface area contributed by atoms with Gasteiger partial charge in [0.15, 0.2) is 0 Å². The van der Waals surface area contributed by atoms with Gasteiger partial charge in [-0.15, -0.1) is 0 Å². The molecule has 0 atom stereocenters. The maximum absolute atomic E-state index is 5.87.